The van der Waals surface area contributed by atoms with E-state index in [9.17, 15) is 0 Å². The average molecular weight is 275 g/mol. The maximum atomic E-state index is 6.02. The normalized spacial score (nSPS) is 19.4. The van der Waals surface area contributed by atoms with E-state index in [-0.39, 0.29) is 5.41 Å². The molecule has 1 atom stereocenters. The van der Waals surface area contributed by atoms with Gasteiger partial charge < -0.3 is 10.1 Å². The quantitative estimate of drug-likeness (QED) is 0.857. The van der Waals surface area contributed by atoms with E-state index in [0.717, 1.165) is 25.2 Å². The summed E-state index contributed by atoms with van der Waals surface area (Å²) >= 11 is 0. The molecular weight excluding hydrogens is 246 g/mol. The van der Waals surface area contributed by atoms with Gasteiger partial charge in [0.05, 0.1) is 6.61 Å². The zero-order chi connectivity index (χ0) is 14.9. The van der Waals surface area contributed by atoms with Crippen LogP contribution in [-0.2, 0) is 5.41 Å². The first-order valence-corrected chi connectivity index (χ1v) is 7.83. The molecular formula is C18H29NO. The van der Waals surface area contributed by atoms with Crippen LogP contribution in [0.1, 0.15) is 70.2 Å². The van der Waals surface area contributed by atoms with Crippen molar-refractivity contribution in [3.63, 3.8) is 0 Å². The number of nitrogens with one attached hydrogen (secondary N) is 1. The van der Waals surface area contributed by atoms with Gasteiger partial charge in [0, 0.05) is 17.6 Å². The van der Waals surface area contributed by atoms with Crippen molar-refractivity contribution in [2.45, 2.75) is 71.9 Å². The lowest BCUT2D eigenvalue weighted by molar-refractivity contribution is 0.312. The molecule has 0 aromatic heterocycles. The molecule has 2 rings (SSSR count). The van der Waals surface area contributed by atoms with Crippen LogP contribution in [-0.4, -0.2) is 12.6 Å². The molecule has 20 heavy (non-hydrogen) atoms. The second-order valence-corrected chi connectivity index (χ2v) is 7.33. The molecule has 0 spiro atoms. The summed E-state index contributed by atoms with van der Waals surface area (Å²) in [6.07, 6.45) is 2.27. The van der Waals surface area contributed by atoms with Gasteiger partial charge in [-0.1, -0.05) is 40.7 Å². The topological polar surface area (TPSA) is 21.3 Å². The van der Waals surface area contributed by atoms with Gasteiger partial charge in [-0.15, -0.1) is 0 Å². The van der Waals surface area contributed by atoms with Crippen LogP contribution in [0.15, 0.2) is 12.1 Å². The van der Waals surface area contributed by atoms with Crippen LogP contribution < -0.4 is 10.1 Å². The highest BCUT2D eigenvalue weighted by molar-refractivity contribution is 5.48. The molecule has 112 valence electrons. The Labute approximate surface area is 123 Å². The molecule has 0 saturated carbocycles. The lowest BCUT2D eigenvalue weighted by Gasteiger charge is -2.26. The van der Waals surface area contributed by atoms with E-state index in [1.807, 2.05) is 0 Å². The summed E-state index contributed by atoms with van der Waals surface area (Å²) in [5, 5.41) is 3.70. The van der Waals surface area contributed by atoms with Gasteiger partial charge in [-0.3, -0.25) is 0 Å². The minimum atomic E-state index is 0.175. The van der Waals surface area contributed by atoms with Gasteiger partial charge in [0.15, 0.2) is 0 Å². The Bertz CT molecular complexity index is 471. The van der Waals surface area contributed by atoms with Crippen LogP contribution in [0.25, 0.3) is 0 Å². The van der Waals surface area contributed by atoms with Crippen LogP contribution in [0.5, 0.6) is 5.75 Å². The number of fused-ring (bicyclic) bond motifs is 1. The molecule has 2 heteroatoms. The van der Waals surface area contributed by atoms with Crippen LogP contribution in [0.4, 0.5) is 0 Å². The number of benzene rings is 1. The molecule has 0 fully saturated rings. The fourth-order valence-electron chi connectivity index (χ4n) is 2.88. The van der Waals surface area contributed by atoms with E-state index in [0.29, 0.717) is 12.1 Å². The van der Waals surface area contributed by atoms with Gasteiger partial charge in [0.1, 0.15) is 5.75 Å². The van der Waals surface area contributed by atoms with E-state index < -0.39 is 0 Å². The number of ether oxygens (including phenoxy) is 1. The first-order chi connectivity index (χ1) is 9.29. The van der Waals surface area contributed by atoms with Gasteiger partial charge in [-0.05, 0) is 42.4 Å². The van der Waals surface area contributed by atoms with Crippen molar-refractivity contribution in [3.8, 4) is 5.75 Å². The molecule has 1 unspecified atom stereocenters. The second kappa shape index (κ2) is 5.77. The van der Waals surface area contributed by atoms with E-state index >= 15 is 0 Å². The molecule has 1 heterocycles. The Morgan fingerprint density at radius 3 is 2.55 bits per heavy atom. The predicted molar refractivity (Wildman–Crippen MR) is 85.6 cm³/mol. The molecule has 0 bridgehead atoms. The molecule has 0 radical (unpaired) electrons. The summed E-state index contributed by atoms with van der Waals surface area (Å²) in [4.78, 5) is 0. The Balaban J connectivity index is 2.49. The van der Waals surface area contributed by atoms with Crippen LogP contribution >= 0.6 is 0 Å². The Morgan fingerprint density at radius 2 is 1.95 bits per heavy atom. The van der Waals surface area contributed by atoms with E-state index in [1.54, 1.807) is 0 Å². The van der Waals surface area contributed by atoms with E-state index in [2.05, 4.69) is 59.0 Å². The summed E-state index contributed by atoms with van der Waals surface area (Å²) in [6, 6.07) is 5.54. The first kappa shape index (κ1) is 15.4. The van der Waals surface area contributed by atoms with Crippen LogP contribution in [0, 0.1) is 6.92 Å². The molecule has 1 N–H and O–H groups in total. The summed E-state index contributed by atoms with van der Waals surface area (Å²) in [5.74, 6) is 1.11. The first-order valence-electron chi connectivity index (χ1n) is 7.83. The van der Waals surface area contributed by atoms with Gasteiger partial charge in [0.2, 0.25) is 0 Å². The zero-order valence-electron chi connectivity index (χ0n) is 13.8. The van der Waals surface area contributed by atoms with Crippen molar-refractivity contribution in [2.75, 3.05) is 6.61 Å². The molecule has 0 saturated heterocycles. The van der Waals surface area contributed by atoms with Crippen molar-refractivity contribution < 1.29 is 4.74 Å². The molecule has 0 amide bonds. The van der Waals surface area contributed by atoms with Crippen molar-refractivity contribution in [1.82, 2.24) is 5.32 Å². The summed E-state index contributed by atoms with van der Waals surface area (Å²) < 4.78 is 6.02. The summed E-state index contributed by atoms with van der Waals surface area (Å²) in [5.41, 5.74) is 4.19. The lowest BCUT2D eigenvalue weighted by Crippen LogP contribution is -2.28. The molecule has 1 aromatic carbocycles. The Kier molecular flexibility index (Phi) is 4.43. The maximum absolute atomic E-state index is 6.02. The number of hydrogen-bond acceptors (Lipinski definition) is 2. The van der Waals surface area contributed by atoms with Crippen molar-refractivity contribution in [3.05, 3.63) is 28.8 Å². The highest BCUT2D eigenvalue weighted by Crippen LogP contribution is 2.38. The third-order valence-corrected chi connectivity index (χ3v) is 3.96. The Morgan fingerprint density at radius 1 is 1.25 bits per heavy atom. The van der Waals surface area contributed by atoms with Crippen molar-refractivity contribution >= 4 is 0 Å². The molecule has 1 aliphatic rings. The molecule has 1 aromatic rings. The van der Waals surface area contributed by atoms with Crippen molar-refractivity contribution in [2.24, 2.45) is 0 Å². The second-order valence-electron chi connectivity index (χ2n) is 7.33. The average Bonchev–Trinajstić information content (AvgIpc) is 2.51. The highest BCUT2D eigenvalue weighted by atomic mass is 16.5. The fraction of sp³-hybridized carbons (Fsp3) is 0.667. The summed E-state index contributed by atoms with van der Waals surface area (Å²) in [7, 11) is 0. The highest BCUT2D eigenvalue weighted by Gasteiger charge is 2.25. The monoisotopic (exact) mass is 275 g/mol. The van der Waals surface area contributed by atoms with Crippen LogP contribution in [0.2, 0.25) is 0 Å². The van der Waals surface area contributed by atoms with Gasteiger partial charge in [0.25, 0.3) is 0 Å². The number of hydrogen-bond donors (Lipinski definition) is 1. The minimum absolute atomic E-state index is 0.175. The molecule has 2 nitrogen and oxygen atoms in total. The Hall–Kier alpha value is -1.02. The molecule has 0 aliphatic carbocycles. The fourth-order valence-corrected chi connectivity index (χ4v) is 2.88. The lowest BCUT2D eigenvalue weighted by atomic mass is 9.83. The third kappa shape index (κ3) is 3.35. The maximum Gasteiger partial charge on any atom is 0.126 e. The molecule has 1 aliphatic heterocycles. The minimum Gasteiger partial charge on any atom is -0.493 e. The smallest absolute Gasteiger partial charge is 0.126 e. The summed E-state index contributed by atoms with van der Waals surface area (Å²) in [6.45, 7) is 14.3. The van der Waals surface area contributed by atoms with E-state index in [4.69, 9.17) is 4.74 Å². The van der Waals surface area contributed by atoms with Crippen LogP contribution in [0.3, 0.4) is 0 Å². The number of aryl methyl sites for hydroxylation is 1. The van der Waals surface area contributed by atoms with Gasteiger partial charge >= 0.3 is 0 Å². The largest absolute Gasteiger partial charge is 0.493 e. The van der Waals surface area contributed by atoms with Gasteiger partial charge in [-0.25, -0.2) is 0 Å². The van der Waals surface area contributed by atoms with Gasteiger partial charge in [-0.2, -0.15) is 0 Å². The van der Waals surface area contributed by atoms with E-state index in [1.165, 1.54) is 16.7 Å². The SMILES string of the molecule is Cc1cc(C(C)(C)C)cc2c1OCCCC2NC(C)C. The number of rotatable bonds is 2. The third-order valence-electron chi connectivity index (χ3n) is 3.96. The standard InChI is InChI=1S/C18H29NO/c1-12(2)19-16-8-7-9-20-17-13(3)10-14(11-15(16)17)18(4,5)6/h10-12,16,19H,7-9H2,1-6H3. The van der Waals surface area contributed by atoms with Crippen molar-refractivity contribution in [1.29, 1.82) is 0 Å². The zero-order valence-corrected chi connectivity index (χ0v) is 13.8. The predicted octanol–water partition coefficient (Wildman–Crippen LogP) is 4.50.